The van der Waals surface area contributed by atoms with Crippen LogP contribution in [-0.4, -0.2) is 32.7 Å². The minimum Gasteiger partial charge on any atom is -0.494 e. The fraction of sp³-hybridized carbons (Fsp3) is 0.353. The van der Waals surface area contributed by atoms with E-state index in [1.54, 1.807) is 18.4 Å². The van der Waals surface area contributed by atoms with E-state index in [2.05, 4.69) is 33.1 Å². The molecule has 0 aliphatic carbocycles. The molecule has 118 valence electrons. The number of hydrogen-bond donors (Lipinski definition) is 2. The molecule has 0 saturated carbocycles. The molecule has 1 aromatic heterocycles. The average Bonchev–Trinajstić information content (AvgIpc) is 3.07. The van der Waals surface area contributed by atoms with Crippen LogP contribution >= 0.6 is 11.3 Å². The minimum atomic E-state index is 0.698. The molecule has 0 radical (unpaired) electrons. The van der Waals surface area contributed by atoms with Crippen molar-refractivity contribution in [3.63, 3.8) is 0 Å². The second-order valence-electron chi connectivity index (χ2n) is 4.77. The molecule has 1 aromatic carbocycles. The van der Waals surface area contributed by atoms with Gasteiger partial charge in [0.2, 0.25) is 0 Å². The van der Waals surface area contributed by atoms with Crippen LogP contribution in [0.5, 0.6) is 5.75 Å². The molecule has 2 rings (SSSR count). The number of ether oxygens (including phenoxy) is 1. The van der Waals surface area contributed by atoms with Crippen molar-refractivity contribution >= 4 is 17.3 Å². The zero-order chi connectivity index (χ0) is 15.5. The highest BCUT2D eigenvalue weighted by molar-refractivity contribution is 7.09. The monoisotopic (exact) mass is 317 g/mol. The van der Waals surface area contributed by atoms with Gasteiger partial charge in [-0.25, -0.2) is 0 Å². The van der Waals surface area contributed by atoms with Gasteiger partial charge in [-0.1, -0.05) is 24.3 Å². The summed E-state index contributed by atoms with van der Waals surface area (Å²) in [5, 5.41) is 8.73. The van der Waals surface area contributed by atoms with E-state index in [4.69, 9.17) is 4.74 Å². The first-order chi connectivity index (χ1) is 10.9. The predicted octanol–water partition coefficient (Wildman–Crippen LogP) is 2.92. The third-order valence-corrected chi connectivity index (χ3v) is 4.03. The Labute approximate surface area is 136 Å². The van der Waals surface area contributed by atoms with Crippen LogP contribution in [0.25, 0.3) is 0 Å². The summed E-state index contributed by atoms with van der Waals surface area (Å²) in [5.74, 6) is 1.76. The number of nitrogens with zero attached hydrogens (tertiary/aromatic N) is 1. The molecule has 2 N–H and O–H groups in total. The van der Waals surface area contributed by atoms with Crippen LogP contribution in [0.4, 0.5) is 0 Å². The van der Waals surface area contributed by atoms with Gasteiger partial charge in [-0.3, -0.25) is 4.99 Å². The van der Waals surface area contributed by atoms with E-state index in [1.807, 2.05) is 30.3 Å². The SMILES string of the molecule is CN=C(NCCCOc1ccccc1)NCCc1cccs1. The Morgan fingerprint density at radius 3 is 2.64 bits per heavy atom. The molecular formula is C17H23N3OS. The average molecular weight is 317 g/mol. The van der Waals surface area contributed by atoms with E-state index in [0.29, 0.717) is 6.61 Å². The number of guanidine groups is 1. The van der Waals surface area contributed by atoms with Crippen molar-refractivity contribution in [1.29, 1.82) is 0 Å². The van der Waals surface area contributed by atoms with E-state index in [1.165, 1.54) is 4.88 Å². The Kier molecular flexibility index (Phi) is 7.32. The zero-order valence-electron chi connectivity index (χ0n) is 12.9. The van der Waals surface area contributed by atoms with Crippen molar-refractivity contribution in [2.45, 2.75) is 12.8 Å². The summed E-state index contributed by atoms with van der Waals surface area (Å²) in [5.41, 5.74) is 0. The molecule has 0 unspecified atom stereocenters. The van der Waals surface area contributed by atoms with Gasteiger partial charge in [-0.2, -0.15) is 0 Å². The number of para-hydroxylation sites is 1. The highest BCUT2D eigenvalue weighted by atomic mass is 32.1. The van der Waals surface area contributed by atoms with Crippen LogP contribution in [0.15, 0.2) is 52.8 Å². The van der Waals surface area contributed by atoms with Crippen molar-refractivity contribution < 1.29 is 4.74 Å². The molecule has 22 heavy (non-hydrogen) atoms. The number of thiophene rings is 1. The number of aliphatic imine (C=N–C) groups is 1. The van der Waals surface area contributed by atoms with Gasteiger partial charge >= 0.3 is 0 Å². The highest BCUT2D eigenvalue weighted by Gasteiger charge is 1.98. The number of rotatable bonds is 8. The van der Waals surface area contributed by atoms with E-state index in [9.17, 15) is 0 Å². The summed E-state index contributed by atoms with van der Waals surface area (Å²) in [6, 6.07) is 14.1. The minimum absolute atomic E-state index is 0.698. The van der Waals surface area contributed by atoms with Crippen molar-refractivity contribution in [2.75, 3.05) is 26.7 Å². The van der Waals surface area contributed by atoms with Crippen LogP contribution < -0.4 is 15.4 Å². The van der Waals surface area contributed by atoms with Crippen molar-refractivity contribution in [3.8, 4) is 5.75 Å². The molecule has 4 nitrogen and oxygen atoms in total. The molecule has 0 bridgehead atoms. The molecule has 0 aliphatic rings. The second kappa shape index (κ2) is 9.84. The molecule has 2 aromatic rings. The lowest BCUT2D eigenvalue weighted by atomic mass is 10.3. The van der Waals surface area contributed by atoms with Gasteiger partial charge in [-0.15, -0.1) is 11.3 Å². The summed E-state index contributed by atoms with van der Waals surface area (Å²) >= 11 is 1.79. The summed E-state index contributed by atoms with van der Waals surface area (Å²) in [6.07, 6.45) is 1.95. The van der Waals surface area contributed by atoms with Crippen molar-refractivity contribution in [3.05, 3.63) is 52.7 Å². The first kappa shape index (κ1) is 16.4. The van der Waals surface area contributed by atoms with Crippen molar-refractivity contribution in [1.82, 2.24) is 10.6 Å². The third kappa shape index (κ3) is 6.18. The van der Waals surface area contributed by atoms with Gasteiger partial charge in [0.25, 0.3) is 0 Å². The largest absolute Gasteiger partial charge is 0.494 e. The molecule has 0 atom stereocenters. The first-order valence-corrected chi connectivity index (χ1v) is 8.41. The summed E-state index contributed by atoms with van der Waals surface area (Å²) < 4.78 is 5.65. The zero-order valence-corrected chi connectivity index (χ0v) is 13.7. The molecule has 0 saturated heterocycles. The van der Waals surface area contributed by atoms with Gasteiger partial charge in [0.1, 0.15) is 5.75 Å². The Bertz CT molecular complexity index is 540. The summed E-state index contributed by atoms with van der Waals surface area (Å²) in [7, 11) is 1.79. The van der Waals surface area contributed by atoms with Gasteiger partial charge in [-0.05, 0) is 36.4 Å². The normalized spacial score (nSPS) is 11.2. The van der Waals surface area contributed by atoms with Gasteiger partial charge in [0, 0.05) is 25.0 Å². The van der Waals surface area contributed by atoms with Crippen LogP contribution in [-0.2, 0) is 6.42 Å². The second-order valence-corrected chi connectivity index (χ2v) is 5.80. The molecular weight excluding hydrogens is 294 g/mol. The maximum Gasteiger partial charge on any atom is 0.190 e. The fourth-order valence-corrected chi connectivity index (χ4v) is 2.67. The maximum atomic E-state index is 5.65. The lowest BCUT2D eigenvalue weighted by molar-refractivity contribution is 0.311. The predicted molar refractivity (Wildman–Crippen MR) is 93.9 cm³/mol. The van der Waals surface area contributed by atoms with Crippen LogP contribution in [0.2, 0.25) is 0 Å². The number of benzene rings is 1. The summed E-state index contributed by atoms with van der Waals surface area (Å²) in [6.45, 7) is 2.43. The molecule has 1 heterocycles. The Morgan fingerprint density at radius 1 is 1.09 bits per heavy atom. The third-order valence-electron chi connectivity index (χ3n) is 3.09. The molecule has 0 spiro atoms. The van der Waals surface area contributed by atoms with Crippen LogP contribution in [0.1, 0.15) is 11.3 Å². The Hall–Kier alpha value is -2.01. The van der Waals surface area contributed by atoms with Gasteiger partial charge in [0.15, 0.2) is 5.96 Å². The van der Waals surface area contributed by atoms with Gasteiger partial charge in [0.05, 0.1) is 6.61 Å². The van der Waals surface area contributed by atoms with E-state index in [-0.39, 0.29) is 0 Å². The lowest BCUT2D eigenvalue weighted by Crippen LogP contribution is -2.39. The van der Waals surface area contributed by atoms with E-state index < -0.39 is 0 Å². The van der Waals surface area contributed by atoms with E-state index >= 15 is 0 Å². The number of hydrogen-bond acceptors (Lipinski definition) is 3. The summed E-state index contributed by atoms with van der Waals surface area (Å²) in [4.78, 5) is 5.61. The topological polar surface area (TPSA) is 45.7 Å². The highest BCUT2D eigenvalue weighted by Crippen LogP contribution is 2.08. The lowest BCUT2D eigenvalue weighted by Gasteiger charge is -2.12. The Balaban J connectivity index is 1.54. The van der Waals surface area contributed by atoms with Crippen LogP contribution in [0, 0.1) is 0 Å². The quantitative estimate of drug-likeness (QED) is 0.447. The Morgan fingerprint density at radius 2 is 1.91 bits per heavy atom. The smallest absolute Gasteiger partial charge is 0.190 e. The fourth-order valence-electron chi connectivity index (χ4n) is 1.97. The standard InChI is InChI=1S/C17H23N3OS/c1-18-17(20-12-10-16-9-5-14-22-16)19-11-6-13-21-15-7-3-2-4-8-15/h2-5,7-9,14H,6,10-13H2,1H3,(H2,18,19,20). The molecule has 0 amide bonds. The molecule has 0 aliphatic heterocycles. The van der Waals surface area contributed by atoms with Gasteiger partial charge < -0.3 is 15.4 Å². The van der Waals surface area contributed by atoms with Crippen molar-refractivity contribution in [2.24, 2.45) is 4.99 Å². The maximum absolute atomic E-state index is 5.65. The molecule has 5 heteroatoms. The first-order valence-electron chi connectivity index (χ1n) is 7.53. The molecule has 0 fully saturated rings. The van der Waals surface area contributed by atoms with E-state index in [0.717, 1.165) is 37.6 Å². The number of nitrogens with one attached hydrogen (secondary N) is 2. The van der Waals surface area contributed by atoms with Crippen LogP contribution in [0.3, 0.4) is 0 Å².